The average molecular weight is 305 g/mol. The van der Waals surface area contributed by atoms with E-state index in [1.165, 1.54) is 4.68 Å². The lowest BCUT2D eigenvalue weighted by Crippen LogP contribution is -2.29. The lowest BCUT2D eigenvalue weighted by Gasteiger charge is -2.11. The number of nitrogens with two attached hydrogens (primary N) is 1. The molecule has 17 heavy (non-hydrogen) atoms. The molecule has 3 N–H and O–H groups in total. The Kier molecular flexibility index (Phi) is 5.60. The van der Waals surface area contributed by atoms with Crippen LogP contribution in [0, 0.1) is 0 Å². The minimum absolute atomic E-state index is 0.0119. The zero-order valence-electron chi connectivity index (χ0n) is 9.94. The summed E-state index contributed by atoms with van der Waals surface area (Å²) in [6.45, 7) is 3.35. The van der Waals surface area contributed by atoms with Crippen LogP contribution in [-0.4, -0.2) is 36.1 Å². The second-order valence-corrected chi connectivity index (χ2v) is 4.54. The van der Waals surface area contributed by atoms with E-state index in [2.05, 4.69) is 26.3 Å². The van der Waals surface area contributed by atoms with E-state index in [1.807, 2.05) is 6.92 Å². The van der Waals surface area contributed by atoms with Gasteiger partial charge in [0.1, 0.15) is 4.47 Å². The SMILES string of the molecule is COCCn1ncc(NCC(C)N)c(Br)c1=O. The highest BCUT2D eigenvalue weighted by molar-refractivity contribution is 9.10. The summed E-state index contributed by atoms with van der Waals surface area (Å²) in [5, 5.41) is 7.10. The number of halogens is 1. The predicted octanol–water partition coefficient (Wildman–Crippen LogP) is 0.411. The summed E-state index contributed by atoms with van der Waals surface area (Å²) in [4.78, 5) is 11.9. The van der Waals surface area contributed by atoms with Crippen LogP contribution < -0.4 is 16.6 Å². The summed E-state index contributed by atoms with van der Waals surface area (Å²) in [6.07, 6.45) is 1.60. The van der Waals surface area contributed by atoms with Gasteiger partial charge in [-0.25, -0.2) is 4.68 Å². The fourth-order valence-corrected chi connectivity index (χ4v) is 1.64. The predicted molar refractivity (Wildman–Crippen MR) is 70.2 cm³/mol. The monoisotopic (exact) mass is 304 g/mol. The minimum Gasteiger partial charge on any atom is -0.383 e. The van der Waals surface area contributed by atoms with Crippen molar-refractivity contribution in [1.82, 2.24) is 9.78 Å². The first-order chi connectivity index (χ1) is 8.06. The number of aromatic nitrogens is 2. The zero-order chi connectivity index (χ0) is 12.8. The van der Waals surface area contributed by atoms with Crippen LogP contribution in [-0.2, 0) is 11.3 Å². The van der Waals surface area contributed by atoms with Gasteiger partial charge in [-0.15, -0.1) is 0 Å². The molecular formula is C10H17BrN4O2. The van der Waals surface area contributed by atoms with Crippen molar-refractivity contribution in [3.8, 4) is 0 Å². The number of methoxy groups -OCH3 is 1. The Bertz CT molecular complexity index is 419. The summed E-state index contributed by atoms with van der Waals surface area (Å²) >= 11 is 3.26. The average Bonchev–Trinajstić information content (AvgIpc) is 2.29. The first-order valence-corrected chi connectivity index (χ1v) is 6.09. The number of rotatable bonds is 6. The lowest BCUT2D eigenvalue weighted by atomic mass is 10.3. The van der Waals surface area contributed by atoms with Crippen molar-refractivity contribution in [2.24, 2.45) is 5.73 Å². The topological polar surface area (TPSA) is 82.2 Å². The standard InChI is InChI=1S/C10H17BrN4O2/c1-7(12)5-13-8-6-14-15(3-4-17-2)10(16)9(8)11/h6-7,13H,3-5,12H2,1-2H3. The number of nitrogens with one attached hydrogen (secondary N) is 1. The largest absolute Gasteiger partial charge is 0.383 e. The van der Waals surface area contributed by atoms with E-state index in [1.54, 1.807) is 13.3 Å². The summed E-state index contributed by atoms with van der Waals surface area (Å²) in [5.74, 6) is 0. The number of ether oxygens (including phenoxy) is 1. The molecule has 0 aliphatic heterocycles. The maximum atomic E-state index is 11.9. The van der Waals surface area contributed by atoms with E-state index in [9.17, 15) is 4.79 Å². The summed E-state index contributed by atoms with van der Waals surface area (Å²) < 4.78 is 6.72. The van der Waals surface area contributed by atoms with Gasteiger partial charge >= 0.3 is 0 Å². The van der Waals surface area contributed by atoms with Crippen molar-refractivity contribution in [3.05, 3.63) is 21.0 Å². The molecule has 6 nitrogen and oxygen atoms in total. The van der Waals surface area contributed by atoms with Gasteiger partial charge < -0.3 is 15.8 Å². The molecule has 0 aliphatic rings. The van der Waals surface area contributed by atoms with Gasteiger partial charge in [0, 0.05) is 19.7 Å². The molecule has 0 fully saturated rings. The van der Waals surface area contributed by atoms with Crippen molar-refractivity contribution in [1.29, 1.82) is 0 Å². The molecule has 0 saturated heterocycles. The Balaban J connectivity index is 2.83. The van der Waals surface area contributed by atoms with Crippen LogP contribution in [0.5, 0.6) is 0 Å². The third-order valence-corrected chi connectivity index (χ3v) is 2.87. The Labute approximate surface area is 108 Å². The van der Waals surface area contributed by atoms with Gasteiger partial charge in [-0.2, -0.15) is 5.10 Å². The Morgan fingerprint density at radius 3 is 3.00 bits per heavy atom. The number of hydrogen-bond donors (Lipinski definition) is 2. The van der Waals surface area contributed by atoms with Gasteiger partial charge in [-0.3, -0.25) is 4.79 Å². The Morgan fingerprint density at radius 2 is 2.41 bits per heavy atom. The van der Waals surface area contributed by atoms with Gasteiger partial charge in [0.25, 0.3) is 5.56 Å². The van der Waals surface area contributed by atoms with E-state index < -0.39 is 0 Å². The van der Waals surface area contributed by atoms with Crippen LogP contribution >= 0.6 is 15.9 Å². The molecule has 7 heteroatoms. The second kappa shape index (κ2) is 6.73. The Morgan fingerprint density at radius 1 is 1.71 bits per heavy atom. The molecule has 0 spiro atoms. The molecule has 0 amide bonds. The number of nitrogens with zero attached hydrogens (tertiary/aromatic N) is 2. The van der Waals surface area contributed by atoms with E-state index in [0.29, 0.717) is 29.9 Å². The minimum atomic E-state index is -0.184. The van der Waals surface area contributed by atoms with Crippen molar-refractivity contribution in [3.63, 3.8) is 0 Å². The number of hydrogen-bond acceptors (Lipinski definition) is 5. The van der Waals surface area contributed by atoms with Gasteiger partial charge in [0.2, 0.25) is 0 Å². The first-order valence-electron chi connectivity index (χ1n) is 5.30. The van der Waals surface area contributed by atoms with E-state index >= 15 is 0 Å². The van der Waals surface area contributed by atoms with Crippen molar-refractivity contribution < 1.29 is 4.74 Å². The molecule has 1 aromatic rings. The zero-order valence-corrected chi connectivity index (χ0v) is 11.5. The summed E-state index contributed by atoms with van der Waals surface area (Å²) in [6, 6.07) is 0.0119. The summed E-state index contributed by atoms with van der Waals surface area (Å²) in [7, 11) is 1.58. The molecule has 1 unspecified atom stereocenters. The first kappa shape index (κ1) is 14.1. The molecule has 0 aliphatic carbocycles. The molecule has 0 saturated carbocycles. The molecule has 1 aromatic heterocycles. The van der Waals surface area contributed by atoms with Crippen LogP contribution in [0.15, 0.2) is 15.5 Å². The molecule has 1 rings (SSSR count). The molecule has 1 atom stereocenters. The van der Waals surface area contributed by atoms with Crippen molar-refractivity contribution >= 4 is 21.6 Å². The second-order valence-electron chi connectivity index (χ2n) is 3.75. The maximum Gasteiger partial charge on any atom is 0.283 e. The highest BCUT2D eigenvalue weighted by Crippen LogP contribution is 2.15. The van der Waals surface area contributed by atoms with Crippen LogP contribution in [0.1, 0.15) is 6.92 Å². The molecule has 96 valence electrons. The lowest BCUT2D eigenvalue weighted by molar-refractivity contribution is 0.181. The van der Waals surface area contributed by atoms with Crippen molar-refractivity contribution in [2.45, 2.75) is 19.5 Å². The third-order valence-electron chi connectivity index (χ3n) is 2.11. The number of anilines is 1. The highest BCUT2D eigenvalue weighted by Gasteiger charge is 2.08. The van der Waals surface area contributed by atoms with Crippen LogP contribution in [0.4, 0.5) is 5.69 Å². The molecule has 0 radical (unpaired) electrons. The Hall–Kier alpha value is -0.920. The molecular weight excluding hydrogens is 288 g/mol. The quantitative estimate of drug-likeness (QED) is 0.795. The van der Waals surface area contributed by atoms with Crippen LogP contribution in [0.25, 0.3) is 0 Å². The highest BCUT2D eigenvalue weighted by atomic mass is 79.9. The van der Waals surface area contributed by atoms with Crippen LogP contribution in [0.2, 0.25) is 0 Å². The molecule has 0 bridgehead atoms. The van der Waals surface area contributed by atoms with E-state index in [4.69, 9.17) is 10.5 Å². The van der Waals surface area contributed by atoms with Gasteiger partial charge in [-0.1, -0.05) is 0 Å². The third kappa shape index (κ3) is 4.10. The van der Waals surface area contributed by atoms with Gasteiger partial charge in [0.15, 0.2) is 0 Å². The van der Waals surface area contributed by atoms with E-state index in [-0.39, 0.29) is 11.6 Å². The van der Waals surface area contributed by atoms with Crippen molar-refractivity contribution in [2.75, 3.05) is 25.6 Å². The molecule has 1 heterocycles. The van der Waals surface area contributed by atoms with E-state index in [0.717, 1.165) is 0 Å². The fourth-order valence-electron chi connectivity index (χ4n) is 1.20. The molecule has 0 aromatic carbocycles. The fraction of sp³-hybridized carbons (Fsp3) is 0.600. The maximum absolute atomic E-state index is 11.9. The van der Waals surface area contributed by atoms with Crippen LogP contribution in [0.3, 0.4) is 0 Å². The smallest absolute Gasteiger partial charge is 0.283 e. The summed E-state index contributed by atoms with van der Waals surface area (Å²) in [5.41, 5.74) is 6.10. The van der Waals surface area contributed by atoms with Gasteiger partial charge in [0.05, 0.1) is 25.0 Å². The normalized spacial score (nSPS) is 12.5. The van der Waals surface area contributed by atoms with Gasteiger partial charge in [-0.05, 0) is 22.9 Å².